The minimum absolute atomic E-state index is 0.0263. The summed E-state index contributed by atoms with van der Waals surface area (Å²) in [5.41, 5.74) is 6.88. The van der Waals surface area contributed by atoms with Crippen molar-refractivity contribution in [3.8, 4) is 0 Å². The Bertz CT molecular complexity index is 490. The molecule has 0 aromatic heterocycles. The summed E-state index contributed by atoms with van der Waals surface area (Å²) in [5, 5.41) is 14.2. The minimum Gasteiger partial charge on any atom is -0.409 e. The van der Waals surface area contributed by atoms with Crippen LogP contribution in [0.1, 0.15) is 43.6 Å². The molecular formula is C14H21N3O2. The predicted octanol–water partition coefficient (Wildman–Crippen LogP) is 1.85. The van der Waals surface area contributed by atoms with Gasteiger partial charge in [0.25, 0.3) is 5.91 Å². The van der Waals surface area contributed by atoms with Gasteiger partial charge >= 0.3 is 0 Å². The zero-order valence-corrected chi connectivity index (χ0v) is 11.8. The Kier molecular flexibility index (Phi) is 4.53. The average Bonchev–Trinajstić information content (AvgIpc) is 2.36. The van der Waals surface area contributed by atoms with E-state index in [0.717, 1.165) is 5.56 Å². The van der Waals surface area contributed by atoms with Gasteiger partial charge in [-0.25, -0.2) is 0 Å². The molecule has 0 bridgehead atoms. The van der Waals surface area contributed by atoms with Crippen LogP contribution in [0.15, 0.2) is 29.4 Å². The SMILES string of the molecule is CC(NC(=O)c1ccccc1C(C)(C)C)/C(N)=N/O. The van der Waals surface area contributed by atoms with E-state index in [1.807, 2.05) is 39.0 Å². The van der Waals surface area contributed by atoms with Crippen LogP contribution in [0.4, 0.5) is 0 Å². The van der Waals surface area contributed by atoms with E-state index in [9.17, 15) is 4.79 Å². The van der Waals surface area contributed by atoms with E-state index in [4.69, 9.17) is 10.9 Å². The molecule has 0 aliphatic heterocycles. The van der Waals surface area contributed by atoms with Gasteiger partial charge in [-0.15, -0.1) is 0 Å². The van der Waals surface area contributed by atoms with Gasteiger partial charge in [-0.1, -0.05) is 44.1 Å². The minimum atomic E-state index is -0.523. The zero-order chi connectivity index (χ0) is 14.6. The lowest BCUT2D eigenvalue weighted by atomic mass is 9.83. The second-order valence-corrected chi connectivity index (χ2v) is 5.52. The Balaban J connectivity index is 3.01. The maximum Gasteiger partial charge on any atom is 0.252 e. The van der Waals surface area contributed by atoms with Gasteiger partial charge in [0, 0.05) is 5.56 Å². The summed E-state index contributed by atoms with van der Waals surface area (Å²) in [7, 11) is 0. The number of nitrogens with zero attached hydrogens (tertiary/aromatic N) is 1. The fraction of sp³-hybridized carbons (Fsp3) is 0.429. The third-order valence-electron chi connectivity index (χ3n) is 2.89. The molecule has 0 spiro atoms. The highest BCUT2D eigenvalue weighted by Gasteiger charge is 2.22. The number of hydrogen-bond acceptors (Lipinski definition) is 3. The highest BCUT2D eigenvalue weighted by atomic mass is 16.4. The summed E-state index contributed by atoms with van der Waals surface area (Å²) in [6, 6.07) is 6.91. The summed E-state index contributed by atoms with van der Waals surface area (Å²) in [4.78, 5) is 12.2. The fourth-order valence-corrected chi connectivity index (χ4v) is 1.77. The Morgan fingerprint density at radius 2 is 1.95 bits per heavy atom. The van der Waals surface area contributed by atoms with E-state index in [1.165, 1.54) is 0 Å². The summed E-state index contributed by atoms with van der Waals surface area (Å²) in [5.74, 6) is -0.258. The average molecular weight is 263 g/mol. The van der Waals surface area contributed by atoms with Crippen molar-refractivity contribution in [3.05, 3.63) is 35.4 Å². The van der Waals surface area contributed by atoms with E-state index in [2.05, 4.69) is 10.5 Å². The molecule has 0 fully saturated rings. The molecule has 1 aromatic carbocycles. The smallest absolute Gasteiger partial charge is 0.252 e. The molecule has 19 heavy (non-hydrogen) atoms. The molecule has 5 nitrogen and oxygen atoms in total. The second kappa shape index (κ2) is 5.73. The first-order chi connectivity index (χ1) is 8.77. The number of nitrogens with one attached hydrogen (secondary N) is 1. The number of amides is 1. The summed E-state index contributed by atoms with van der Waals surface area (Å²) in [6.07, 6.45) is 0. The fourth-order valence-electron chi connectivity index (χ4n) is 1.77. The van der Waals surface area contributed by atoms with Crippen molar-refractivity contribution in [2.75, 3.05) is 0 Å². The van der Waals surface area contributed by atoms with Crippen LogP contribution in [-0.4, -0.2) is 23.0 Å². The molecule has 0 radical (unpaired) electrons. The van der Waals surface area contributed by atoms with Crippen molar-refractivity contribution in [2.24, 2.45) is 10.9 Å². The third kappa shape index (κ3) is 3.71. The van der Waals surface area contributed by atoms with Gasteiger partial charge in [-0.05, 0) is 24.0 Å². The lowest BCUT2D eigenvalue weighted by molar-refractivity contribution is 0.0946. The molecule has 0 saturated heterocycles. The largest absolute Gasteiger partial charge is 0.409 e. The number of hydrogen-bond donors (Lipinski definition) is 3. The van der Waals surface area contributed by atoms with Crippen molar-refractivity contribution >= 4 is 11.7 Å². The molecule has 0 heterocycles. The first-order valence-corrected chi connectivity index (χ1v) is 6.15. The van der Waals surface area contributed by atoms with E-state index >= 15 is 0 Å². The van der Waals surface area contributed by atoms with Crippen LogP contribution in [0.5, 0.6) is 0 Å². The highest BCUT2D eigenvalue weighted by Crippen LogP contribution is 2.25. The van der Waals surface area contributed by atoms with Crippen LogP contribution in [-0.2, 0) is 5.41 Å². The molecule has 4 N–H and O–H groups in total. The monoisotopic (exact) mass is 263 g/mol. The Labute approximate surface area is 113 Å². The normalized spacial score (nSPS) is 14.0. The molecule has 1 unspecified atom stereocenters. The van der Waals surface area contributed by atoms with Crippen molar-refractivity contribution in [1.82, 2.24) is 5.32 Å². The van der Waals surface area contributed by atoms with Gasteiger partial charge in [0.1, 0.15) is 0 Å². The summed E-state index contributed by atoms with van der Waals surface area (Å²) < 4.78 is 0. The molecule has 5 heteroatoms. The number of benzene rings is 1. The number of carbonyl (C=O) groups is 1. The van der Waals surface area contributed by atoms with Crippen LogP contribution in [0.25, 0.3) is 0 Å². The lowest BCUT2D eigenvalue weighted by Gasteiger charge is -2.23. The Morgan fingerprint density at radius 3 is 2.47 bits per heavy atom. The van der Waals surface area contributed by atoms with Crippen LogP contribution in [0.2, 0.25) is 0 Å². The van der Waals surface area contributed by atoms with Gasteiger partial charge in [0.2, 0.25) is 0 Å². The lowest BCUT2D eigenvalue weighted by Crippen LogP contribution is -2.43. The van der Waals surface area contributed by atoms with Gasteiger partial charge in [-0.2, -0.15) is 0 Å². The molecule has 1 rings (SSSR count). The molecule has 0 aliphatic rings. The number of nitrogens with two attached hydrogens (primary N) is 1. The second-order valence-electron chi connectivity index (χ2n) is 5.52. The quantitative estimate of drug-likeness (QED) is 0.336. The number of amidine groups is 1. The van der Waals surface area contributed by atoms with Crippen LogP contribution < -0.4 is 11.1 Å². The van der Waals surface area contributed by atoms with Crippen LogP contribution in [0.3, 0.4) is 0 Å². The van der Waals surface area contributed by atoms with Crippen molar-refractivity contribution in [1.29, 1.82) is 0 Å². The van der Waals surface area contributed by atoms with Crippen LogP contribution in [0, 0.1) is 0 Å². The van der Waals surface area contributed by atoms with Gasteiger partial charge < -0.3 is 16.3 Å². The van der Waals surface area contributed by atoms with Crippen LogP contribution >= 0.6 is 0 Å². The van der Waals surface area contributed by atoms with Crippen molar-refractivity contribution in [2.45, 2.75) is 39.2 Å². The maximum absolute atomic E-state index is 12.2. The molecule has 104 valence electrons. The van der Waals surface area contributed by atoms with E-state index in [-0.39, 0.29) is 17.2 Å². The molecule has 1 amide bonds. The van der Waals surface area contributed by atoms with Crippen molar-refractivity contribution in [3.63, 3.8) is 0 Å². The van der Waals surface area contributed by atoms with Gasteiger partial charge in [0.05, 0.1) is 6.04 Å². The Hall–Kier alpha value is -2.04. The first kappa shape index (κ1) is 15.0. The number of carbonyl (C=O) groups excluding carboxylic acids is 1. The molecule has 0 aliphatic carbocycles. The summed E-state index contributed by atoms with van der Waals surface area (Å²) >= 11 is 0. The third-order valence-corrected chi connectivity index (χ3v) is 2.89. The summed E-state index contributed by atoms with van der Waals surface area (Å²) in [6.45, 7) is 7.80. The topological polar surface area (TPSA) is 87.7 Å². The van der Waals surface area contributed by atoms with E-state index < -0.39 is 6.04 Å². The standard InChI is InChI=1S/C14H21N3O2/c1-9(12(15)17-19)16-13(18)10-7-5-6-8-11(10)14(2,3)4/h5-9,19H,1-4H3,(H2,15,17)(H,16,18). The predicted molar refractivity (Wildman–Crippen MR) is 75.5 cm³/mol. The van der Waals surface area contributed by atoms with E-state index in [0.29, 0.717) is 5.56 Å². The number of oxime groups is 1. The Morgan fingerprint density at radius 1 is 1.37 bits per heavy atom. The van der Waals surface area contributed by atoms with Gasteiger partial charge in [-0.3, -0.25) is 4.79 Å². The number of rotatable bonds is 3. The molecule has 1 atom stereocenters. The zero-order valence-electron chi connectivity index (χ0n) is 11.8. The molecule has 1 aromatic rings. The van der Waals surface area contributed by atoms with E-state index in [1.54, 1.807) is 13.0 Å². The maximum atomic E-state index is 12.2. The van der Waals surface area contributed by atoms with Gasteiger partial charge in [0.15, 0.2) is 5.84 Å². The van der Waals surface area contributed by atoms with Crippen molar-refractivity contribution < 1.29 is 10.0 Å². The first-order valence-electron chi connectivity index (χ1n) is 6.15. The highest BCUT2D eigenvalue weighted by molar-refractivity contribution is 5.99. The molecule has 0 saturated carbocycles. The molecular weight excluding hydrogens is 242 g/mol.